The normalized spacial score (nSPS) is 18.2. The van der Waals surface area contributed by atoms with E-state index in [0.29, 0.717) is 12.5 Å². The summed E-state index contributed by atoms with van der Waals surface area (Å²) in [7, 11) is 1.56. The number of aliphatic carboxylic acids is 1. The van der Waals surface area contributed by atoms with Gasteiger partial charge in [0.1, 0.15) is 7.11 Å². The predicted molar refractivity (Wildman–Crippen MR) is 101 cm³/mol. The van der Waals surface area contributed by atoms with Crippen molar-refractivity contribution in [3.05, 3.63) is 46.1 Å². The van der Waals surface area contributed by atoms with E-state index in [1.807, 2.05) is 24.3 Å². The fourth-order valence-corrected chi connectivity index (χ4v) is 3.68. The number of halogens is 1. The van der Waals surface area contributed by atoms with Gasteiger partial charge in [-0.2, -0.15) is 0 Å². The molecule has 1 aliphatic rings. The van der Waals surface area contributed by atoms with E-state index in [9.17, 15) is 4.79 Å². The molecule has 1 aromatic heterocycles. The Labute approximate surface area is 155 Å². The molecule has 0 fully saturated rings. The van der Waals surface area contributed by atoms with Crippen LogP contribution >= 0.6 is 15.9 Å². The van der Waals surface area contributed by atoms with Crippen molar-refractivity contribution in [2.75, 3.05) is 7.11 Å². The zero-order valence-electron chi connectivity index (χ0n) is 14.3. The Bertz CT molecular complexity index is 809. The lowest BCUT2D eigenvalue weighted by Crippen LogP contribution is -2.21. The van der Waals surface area contributed by atoms with E-state index in [4.69, 9.17) is 9.94 Å². The Balaban J connectivity index is 2.13. The summed E-state index contributed by atoms with van der Waals surface area (Å²) in [4.78, 5) is 16.2. The molecule has 0 saturated heterocycles. The summed E-state index contributed by atoms with van der Waals surface area (Å²) in [5, 5.41) is 13.4. The van der Waals surface area contributed by atoms with Crippen LogP contribution in [0.5, 0.6) is 0 Å². The summed E-state index contributed by atoms with van der Waals surface area (Å²) in [5.41, 5.74) is 5.24. The number of oxime groups is 1. The van der Waals surface area contributed by atoms with Gasteiger partial charge in [-0.25, -0.2) is 0 Å². The predicted octanol–water partition coefficient (Wildman–Crippen LogP) is 4.33. The summed E-state index contributed by atoms with van der Waals surface area (Å²) in [6.45, 7) is 2.63. The molecular formula is C19H21BrN2O3. The Hall–Kier alpha value is -2.08. The highest BCUT2D eigenvalue weighted by Gasteiger charge is 2.27. The Kier molecular flexibility index (Phi) is 5.27. The highest BCUT2D eigenvalue weighted by Crippen LogP contribution is 2.34. The van der Waals surface area contributed by atoms with Gasteiger partial charge in [-0.15, -0.1) is 0 Å². The molecule has 3 rings (SSSR count). The third kappa shape index (κ3) is 3.79. The smallest absolute Gasteiger partial charge is 0.305 e. The highest BCUT2D eigenvalue weighted by atomic mass is 79.9. The molecule has 1 unspecified atom stereocenters. The first-order valence-electron chi connectivity index (χ1n) is 8.30. The van der Waals surface area contributed by atoms with E-state index in [-0.39, 0.29) is 6.42 Å². The minimum absolute atomic E-state index is 0.0930. The van der Waals surface area contributed by atoms with E-state index >= 15 is 0 Å². The monoisotopic (exact) mass is 404 g/mol. The number of benzene rings is 1. The lowest BCUT2D eigenvalue weighted by atomic mass is 9.87. The van der Waals surface area contributed by atoms with Gasteiger partial charge in [0.2, 0.25) is 0 Å². The second-order valence-electron chi connectivity index (χ2n) is 6.43. The maximum atomic E-state index is 11.1. The van der Waals surface area contributed by atoms with Crippen molar-refractivity contribution < 1.29 is 14.7 Å². The van der Waals surface area contributed by atoms with Gasteiger partial charge in [-0.05, 0) is 42.5 Å². The zero-order chi connectivity index (χ0) is 18.0. The number of carboxylic acid groups (broad SMARTS) is 1. The largest absolute Gasteiger partial charge is 0.481 e. The van der Waals surface area contributed by atoms with E-state index in [0.717, 1.165) is 45.5 Å². The number of carbonyl (C=O) groups is 1. The second-order valence-corrected chi connectivity index (χ2v) is 7.34. The van der Waals surface area contributed by atoms with Crippen molar-refractivity contribution in [3.63, 3.8) is 0 Å². The average Bonchev–Trinajstić information content (AvgIpc) is 2.92. The summed E-state index contributed by atoms with van der Waals surface area (Å²) >= 11 is 3.46. The minimum Gasteiger partial charge on any atom is -0.481 e. The van der Waals surface area contributed by atoms with Crippen LogP contribution in [0.4, 0.5) is 0 Å². The molecule has 1 atom stereocenters. The van der Waals surface area contributed by atoms with Crippen LogP contribution in [-0.2, 0) is 22.6 Å². The lowest BCUT2D eigenvalue weighted by Gasteiger charge is -2.22. The number of nitrogens with zero attached hydrogens (tertiary/aromatic N) is 2. The number of aromatic nitrogens is 1. The summed E-state index contributed by atoms with van der Waals surface area (Å²) in [6.07, 6.45) is 1.87. The van der Waals surface area contributed by atoms with Gasteiger partial charge in [-0.1, -0.05) is 40.1 Å². The van der Waals surface area contributed by atoms with Crippen molar-refractivity contribution in [3.8, 4) is 11.3 Å². The molecule has 0 aliphatic heterocycles. The van der Waals surface area contributed by atoms with Crippen LogP contribution in [0.1, 0.15) is 31.0 Å². The molecule has 0 spiro atoms. The molecule has 0 bridgehead atoms. The lowest BCUT2D eigenvalue weighted by molar-refractivity contribution is -0.137. The second kappa shape index (κ2) is 7.44. The number of hydrogen-bond donors (Lipinski definition) is 1. The maximum Gasteiger partial charge on any atom is 0.305 e. The van der Waals surface area contributed by atoms with Crippen LogP contribution in [0.2, 0.25) is 0 Å². The summed E-state index contributed by atoms with van der Waals surface area (Å²) in [5.74, 6) is -0.350. The molecule has 2 aromatic rings. The van der Waals surface area contributed by atoms with Crippen LogP contribution in [0.3, 0.4) is 0 Å². The van der Waals surface area contributed by atoms with Gasteiger partial charge >= 0.3 is 5.97 Å². The molecule has 5 nitrogen and oxygen atoms in total. The van der Waals surface area contributed by atoms with E-state index in [1.165, 1.54) is 0 Å². The van der Waals surface area contributed by atoms with Gasteiger partial charge in [-0.3, -0.25) is 4.79 Å². The van der Waals surface area contributed by atoms with E-state index in [1.54, 1.807) is 7.11 Å². The first-order valence-corrected chi connectivity index (χ1v) is 9.09. The summed E-state index contributed by atoms with van der Waals surface area (Å²) < 4.78 is 3.15. The fraction of sp³-hybridized carbons (Fsp3) is 0.368. The quantitative estimate of drug-likeness (QED) is 0.754. The molecule has 1 aromatic carbocycles. The molecule has 132 valence electrons. The van der Waals surface area contributed by atoms with Gasteiger partial charge in [0.15, 0.2) is 0 Å². The van der Waals surface area contributed by atoms with Crippen molar-refractivity contribution in [1.82, 2.24) is 4.57 Å². The van der Waals surface area contributed by atoms with Gasteiger partial charge in [0.25, 0.3) is 0 Å². The maximum absolute atomic E-state index is 11.1. The molecule has 0 amide bonds. The molecule has 25 heavy (non-hydrogen) atoms. The van der Waals surface area contributed by atoms with Crippen molar-refractivity contribution >= 4 is 27.6 Å². The Morgan fingerprint density at radius 2 is 2.08 bits per heavy atom. The first-order chi connectivity index (χ1) is 12.0. The number of hydrogen-bond acceptors (Lipinski definition) is 3. The third-order valence-electron chi connectivity index (χ3n) is 4.49. The molecule has 1 N–H and O–H groups in total. The van der Waals surface area contributed by atoms with Crippen LogP contribution in [0, 0.1) is 5.92 Å². The number of carboxylic acids is 1. The molecule has 6 heteroatoms. The van der Waals surface area contributed by atoms with Crippen molar-refractivity contribution in [2.24, 2.45) is 11.1 Å². The molecule has 1 heterocycles. The molecule has 0 radical (unpaired) electrons. The Morgan fingerprint density at radius 1 is 1.36 bits per heavy atom. The zero-order valence-corrected chi connectivity index (χ0v) is 15.9. The SMILES string of the molecule is CON=C1CC(C)Cc2c1cc(-c1ccc(Br)cc1)n2CCC(=O)O. The first kappa shape index (κ1) is 17.7. The standard InChI is InChI=1S/C19H21BrN2O3/c1-12-9-16(21-25-2)15-11-17(13-3-5-14(20)6-4-13)22(18(15)10-12)8-7-19(23)24/h3-6,11-12H,7-10H2,1-2H3,(H,23,24). The topological polar surface area (TPSA) is 63.8 Å². The van der Waals surface area contributed by atoms with Crippen LogP contribution in [-0.4, -0.2) is 28.5 Å². The van der Waals surface area contributed by atoms with E-state index in [2.05, 4.69) is 38.6 Å². The van der Waals surface area contributed by atoms with Crippen LogP contribution in [0.15, 0.2) is 40.0 Å². The van der Waals surface area contributed by atoms with Gasteiger partial charge < -0.3 is 14.5 Å². The Morgan fingerprint density at radius 3 is 2.72 bits per heavy atom. The highest BCUT2D eigenvalue weighted by molar-refractivity contribution is 9.10. The van der Waals surface area contributed by atoms with Crippen molar-refractivity contribution in [2.45, 2.75) is 32.7 Å². The summed E-state index contributed by atoms with van der Waals surface area (Å²) in [6, 6.07) is 10.2. The van der Waals surface area contributed by atoms with Crippen LogP contribution < -0.4 is 0 Å². The average molecular weight is 405 g/mol. The molecule has 1 aliphatic carbocycles. The molecular weight excluding hydrogens is 384 g/mol. The number of rotatable bonds is 5. The number of fused-ring (bicyclic) bond motifs is 1. The van der Waals surface area contributed by atoms with Gasteiger partial charge in [0, 0.05) is 28.0 Å². The molecule has 0 saturated carbocycles. The van der Waals surface area contributed by atoms with Gasteiger partial charge in [0.05, 0.1) is 12.1 Å². The van der Waals surface area contributed by atoms with Crippen LogP contribution in [0.25, 0.3) is 11.3 Å². The van der Waals surface area contributed by atoms with Crippen molar-refractivity contribution in [1.29, 1.82) is 0 Å². The minimum atomic E-state index is -0.793. The third-order valence-corrected chi connectivity index (χ3v) is 5.02. The van der Waals surface area contributed by atoms with E-state index < -0.39 is 5.97 Å². The fourth-order valence-electron chi connectivity index (χ4n) is 3.42.